The number of nitrogens with two attached hydrogens (primary N) is 1. The average Bonchev–Trinajstić information content (AvgIpc) is 2.20. The highest BCUT2D eigenvalue weighted by atomic mass is 35.5. The molecule has 0 aliphatic heterocycles. The van der Waals surface area contributed by atoms with Crippen LogP contribution in [0.5, 0.6) is 0 Å². The van der Waals surface area contributed by atoms with E-state index in [0.29, 0.717) is 6.04 Å². The second-order valence-corrected chi connectivity index (χ2v) is 3.39. The van der Waals surface area contributed by atoms with Crippen molar-refractivity contribution in [3.63, 3.8) is 0 Å². The molecule has 0 aliphatic carbocycles. The highest BCUT2D eigenvalue weighted by Crippen LogP contribution is 2.01. The van der Waals surface area contributed by atoms with Gasteiger partial charge in [0, 0.05) is 12.8 Å². The molecule has 0 radical (unpaired) electrons. The summed E-state index contributed by atoms with van der Waals surface area (Å²) in [6.45, 7) is 7.54. The van der Waals surface area contributed by atoms with Gasteiger partial charge in [-0.05, 0) is 12.1 Å². The van der Waals surface area contributed by atoms with E-state index in [0.717, 1.165) is 12.8 Å². The lowest BCUT2D eigenvalue weighted by Gasteiger charge is -2.10. The number of hydrogen-bond acceptors (Lipinski definition) is 0. The van der Waals surface area contributed by atoms with E-state index in [4.69, 9.17) is 0 Å². The van der Waals surface area contributed by atoms with Gasteiger partial charge in [-0.2, -0.15) is 0 Å². The second kappa shape index (κ2) is 8.27. The van der Waals surface area contributed by atoms with Crippen molar-refractivity contribution in [2.24, 2.45) is 0 Å². The Hall–Kier alpha value is -1.05. The molecule has 15 heavy (non-hydrogen) atoms. The van der Waals surface area contributed by atoms with E-state index in [9.17, 15) is 0 Å². The minimum absolute atomic E-state index is 0. The van der Waals surface area contributed by atoms with Gasteiger partial charge in [-0.1, -0.05) is 30.4 Å². The van der Waals surface area contributed by atoms with Crippen molar-refractivity contribution in [3.8, 4) is 0 Å². The standard InChI is InChI=1S/C13H17N.ClH/c1-3-8-12(9-4-2)14-13-10-6-5-7-11-13;/h3-7,10-12,14H,1-2,8-9H2;1H. The van der Waals surface area contributed by atoms with Gasteiger partial charge in [-0.15, -0.1) is 13.2 Å². The van der Waals surface area contributed by atoms with Gasteiger partial charge in [0.2, 0.25) is 0 Å². The maximum atomic E-state index is 3.77. The largest absolute Gasteiger partial charge is 1.00 e. The molecule has 0 saturated carbocycles. The zero-order valence-corrected chi connectivity index (χ0v) is 9.66. The van der Waals surface area contributed by atoms with Gasteiger partial charge >= 0.3 is 0 Å². The van der Waals surface area contributed by atoms with E-state index in [1.807, 2.05) is 18.2 Å². The highest BCUT2D eigenvalue weighted by molar-refractivity contribution is 5.27. The molecule has 0 aromatic heterocycles. The van der Waals surface area contributed by atoms with Crippen molar-refractivity contribution in [1.82, 2.24) is 0 Å². The third-order valence-corrected chi connectivity index (χ3v) is 2.17. The lowest BCUT2D eigenvalue weighted by Crippen LogP contribution is -3.00. The fourth-order valence-electron chi connectivity index (χ4n) is 1.50. The summed E-state index contributed by atoms with van der Waals surface area (Å²) in [7, 11) is 0. The third kappa shape index (κ3) is 5.40. The first-order valence-electron chi connectivity index (χ1n) is 4.98. The number of benzene rings is 1. The van der Waals surface area contributed by atoms with Gasteiger partial charge in [0.1, 0.15) is 5.69 Å². The molecule has 1 rings (SSSR count). The fraction of sp³-hybridized carbons (Fsp3) is 0.231. The van der Waals surface area contributed by atoms with Crippen molar-refractivity contribution in [2.45, 2.75) is 18.9 Å². The summed E-state index contributed by atoms with van der Waals surface area (Å²) < 4.78 is 0. The quantitative estimate of drug-likeness (QED) is 0.491. The molecule has 1 nitrogen and oxygen atoms in total. The van der Waals surface area contributed by atoms with E-state index in [1.54, 1.807) is 0 Å². The maximum absolute atomic E-state index is 3.77. The molecule has 0 unspecified atom stereocenters. The Morgan fingerprint density at radius 1 is 1.07 bits per heavy atom. The molecule has 1 aromatic carbocycles. The molecule has 82 valence electrons. The molecule has 0 atom stereocenters. The van der Waals surface area contributed by atoms with Gasteiger partial charge in [-0.3, -0.25) is 0 Å². The van der Waals surface area contributed by atoms with Crippen LogP contribution in [0, 0.1) is 0 Å². The van der Waals surface area contributed by atoms with Crippen LogP contribution in [-0.2, 0) is 0 Å². The SMILES string of the molecule is C=CCC(CC=C)[NH2+]c1ccccc1.[Cl-]. The third-order valence-electron chi connectivity index (χ3n) is 2.17. The van der Waals surface area contributed by atoms with Crippen molar-refractivity contribution in [3.05, 3.63) is 55.6 Å². The molecule has 2 heteroatoms. The first-order valence-corrected chi connectivity index (χ1v) is 4.98. The number of hydrogen-bond donors (Lipinski definition) is 1. The molecule has 1 aromatic rings. The molecular weight excluding hydrogens is 206 g/mol. The van der Waals surface area contributed by atoms with Crippen LogP contribution in [0.2, 0.25) is 0 Å². The summed E-state index contributed by atoms with van der Waals surface area (Å²) in [5, 5.41) is 2.28. The zero-order valence-electron chi connectivity index (χ0n) is 8.90. The van der Waals surface area contributed by atoms with Crippen molar-refractivity contribution >= 4 is 5.69 Å². The van der Waals surface area contributed by atoms with Gasteiger partial charge in [0.15, 0.2) is 0 Å². The van der Waals surface area contributed by atoms with Gasteiger partial charge < -0.3 is 17.7 Å². The van der Waals surface area contributed by atoms with Gasteiger partial charge in [0.25, 0.3) is 0 Å². The molecular formula is C13H18ClN. The molecule has 0 bridgehead atoms. The summed E-state index contributed by atoms with van der Waals surface area (Å²) in [5.41, 5.74) is 1.28. The molecule has 2 N–H and O–H groups in total. The van der Waals surface area contributed by atoms with Crippen LogP contribution in [0.15, 0.2) is 55.6 Å². The Morgan fingerprint density at radius 3 is 2.07 bits per heavy atom. The molecule has 0 fully saturated rings. The minimum Gasteiger partial charge on any atom is -1.00 e. The summed E-state index contributed by atoms with van der Waals surface area (Å²) >= 11 is 0. The zero-order chi connectivity index (χ0) is 10.2. The molecule has 0 amide bonds. The topological polar surface area (TPSA) is 16.6 Å². The molecule has 0 heterocycles. The predicted octanol–water partition coefficient (Wildman–Crippen LogP) is -0.594. The minimum atomic E-state index is 0. The summed E-state index contributed by atoms with van der Waals surface area (Å²) in [6.07, 6.45) is 5.96. The second-order valence-electron chi connectivity index (χ2n) is 3.39. The van der Waals surface area contributed by atoms with Gasteiger partial charge in [-0.25, -0.2) is 0 Å². The van der Waals surface area contributed by atoms with Crippen LogP contribution in [-0.4, -0.2) is 6.04 Å². The number of para-hydroxylation sites is 1. The summed E-state index contributed by atoms with van der Waals surface area (Å²) in [4.78, 5) is 0. The maximum Gasteiger partial charge on any atom is 0.129 e. The van der Waals surface area contributed by atoms with Crippen LogP contribution < -0.4 is 17.7 Å². The average molecular weight is 224 g/mol. The van der Waals surface area contributed by atoms with Crippen LogP contribution in [0.25, 0.3) is 0 Å². The van der Waals surface area contributed by atoms with E-state index < -0.39 is 0 Å². The Kier molecular flexibility index (Phi) is 7.69. The van der Waals surface area contributed by atoms with Crippen molar-refractivity contribution in [2.75, 3.05) is 0 Å². The Balaban J connectivity index is 0.00000196. The predicted molar refractivity (Wildman–Crippen MR) is 61.4 cm³/mol. The van der Waals surface area contributed by atoms with Crippen molar-refractivity contribution in [1.29, 1.82) is 0 Å². The van der Waals surface area contributed by atoms with Crippen LogP contribution in [0.4, 0.5) is 5.69 Å². The van der Waals surface area contributed by atoms with E-state index >= 15 is 0 Å². The first kappa shape index (κ1) is 13.9. The first-order chi connectivity index (χ1) is 6.86. The Bertz CT molecular complexity index is 272. The van der Waals surface area contributed by atoms with E-state index in [2.05, 4.69) is 42.7 Å². The van der Waals surface area contributed by atoms with E-state index in [1.165, 1.54) is 5.69 Å². The highest BCUT2D eigenvalue weighted by Gasteiger charge is 2.08. The number of halogens is 1. The van der Waals surface area contributed by atoms with Crippen LogP contribution >= 0.6 is 0 Å². The van der Waals surface area contributed by atoms with Crippen LogP contribution in [0.1, 0.15) is 12.8 Å². The lowest BCUT2D eigenvalue weighted by molar-refractivity contribution is -0.609. The van der Waals surface area contributed by atoms with Crippen molar-refractivity contribution < 1.29 is 17.7 Å². The molecule has 0 spiro atoms. The molecule has 0 aliphatic rings. The van der Waals surface area contributed by atoms with Gasteiger partial charge in [0.05, 0.1) is 6.04 Å². The van der Waals surface area contributed by atoms with E-state index in [-0.39, 0.29) is 12.4 Å². The summed E-state index contributed by atoms with van der Waals surface area (Å²) in [5.74, 6) is 0. The fourth-order valence-corrected chi connectivity index (χ4v) is 1.50. The smallest absolute Gasteiger partial charge is 0.129 e. The molecule has 0 saturated heterocycles. The number of rotatable bonds is 6. The monoisotopic (exact) mass is 223 g/mol. The lowest BCUT2D eigenvalue weighted by atomic mass is 10.1. The Labute approximate surface area is 98.3 Å². The normalized spacial score (nSPS) is 9.40. The van der Waals surface area contributed by atoms with Crippen LogP contribution in [0.3, 0.4) is 0 Å². The summed E-state index contributed by atoms with van der Waals surface area (Å²) in [6, 6.07) is 10.9. The Morgan fingerprint density at radius 2 is 1.60 bits per heavy atom. The number of quaternary nitrogens is 1.